The van der Waals surface area contributed by atoms with Crippen LogP contribution in [0.3, 0.4) is 0 Å². The first kappa shape index (κ1) is 31.6. The average molecular weight is 689 g/mol. The van der Waals surface area contributed by atoms with Gasteiger partial charge in [0.15, 0.2) is 0 Å². The van der Waals surface area contributed by atoms with Gasteiger partial charge < -0.3 is 9.47 Å². The Morgan fingerprint density at radius 3 is 1.65 bits per heavy atom. The molecule has 0 aliphatic heterocycles. The molecule has 10 rings (SSSR count). The van der Waals surface area contributed by atoms with Gasteiger partial charge >= 0.3 is 0 Å². The zero-order valence-electron chi connectivity index (χ0n) is 29.7. The van der Waals surface area contributed by atoms with Crippen molar-refractivity contribution in [3.05, 3.63) is 218 Å². The lowest BCUT2D eigenvalue weighted by Crippen LogP contribution is -2.09. The standard InChI is InChI=1S/C52H36N2/c1-3-17-42(18-4-1)53(44-34-32-38(33-35-44)37-28-30-40(31-29-37)47-24-12-15-39-14-7-8-22-46(39)47)45-21-11-16-41(36-45)48-25-13-27-51-52(48)49-23-9-10-26-50(49)54(51)43-19-5-2-6-20-43/h1-36H. The highest BCUT2D eigenvalue weighted by molar-refractivity contribution is 6.16. The molecule has 0 saturated carbocycles. The van der Waals surface area contributed by atoms with Gasteiger partial charge in [-0.25, -0.2) is 0 Å². The maximum absolute atomic E-state index is 2.38. The highest BCUT2D eigenvalue weighted by atomic mass is 15.1. The summed E-state index contributed by atoms with van der Waals surface area (Å²) in [6.45, 7) is 0. The van der Waals surface area contributed by atoms with Gasteiger partial charge in [-0.3, -0.25) is 0 Å². The van der Waals surface area contributed by atoms with E-state index in [0.717, 1.165) is 22.7 Å². The number of hydrogen-bond donors (Lipinski definition) is 0. The summed E-state index contributed by atoms with van der Waals surface area (Å²) in [7, 11) is 0. The molecule has 0 bridgehead atoms. The fourth-order valence-electron chi connectivity index (χ4n) is 8.07. The van der Waals surface area contributed by atoms with Gasteiger partial charge in [0.25, 0.3) is 0 Å². The van der Waals surface area contributed by atoms with E-state index in [4.69, 9.17) is 0 Å². The second-order valence-electron chi connectivity index (χ2n) is 13.8. The molecule has 2 heteroatoms. The van der Waals surface area contributed by atoms with Gasteiger partial charge in [-0.15, -0.1) is 0 Å². The second-order valence-corrected chi connectivity index (χ2v) is 13.8. The minimum Gasteiger partial charge on any atom is -0.310 e. The van der Waals surface area contributed by atoms with Gasteiger partial charge in [0.05, 0.1) is 11.0 Å². The summed E-state index contributed by atoms with van der Waals surface area (Å²) in [6.07, 6.45) is 0. The molecule has 0 amide bonds. The molecule has 0 radical (unpaired) electrons. The zero-order chi connectivity index (χ0) is 35.8. The monoisotopic (exact) mass is 688 g/mol. The fourth-order valence-corrected chi connectivity index (χ4v) is 8.07. The molecule has 254 valence electrons. The lowest BCUT2D eigenvalue weighted by Gasteiger charge is -2.26. The third kappa shape index (κ3) is 5.53. The lowest BCUT2D eigenvalue weighted by atomic mass is 9.96. The maximum atomic E-state index is 2.38. The van der Waals surface area contributed by atoms with Crippen LogP contribution in [0.4, 0.5) is 17.1 Å². The highest BCUT2D eigenvalue weighted by Gasteiger charge is 2.18. The summed E-state index contributed by atoms with van der Waals surface area (Å²) < 4.78 is 2.38. The molecule has 0 fully saturated rings. The summed E-state index contributed by atoms with van der Waals surface area (Å²) in [5.41, 5.74) is 14.2. The van der Waals surface area contributed by atoms with E-state index in [1.807, 2.05) is 0 Å². The number of benzene rings is 9. The first-order chi connectivity index (χ1) is 26.8. The van der Waals surface area contributed by atoms with Crippen LogP contribution in [0.2, 0.25) is 0 Å². The van der Waals surface area contributed by atoms with Gasteiger partial charge in [0.2, 0.25) is 0 Å². The molecule has 54 heavy (non-hydrogen) atoms. The van der Waals surface area contributed by atoms with Crippen LogP contribution < -0.4 is 4.90 Å². The number of fused-ring (bicyclic) bond motifs is 4. The molecular formula is C52H36N2. The molecule has 0 aliphatic rings. The van der Waals surface area contributed by atoms with E-state index in [2.05, 4.69) is 228 Å². The molecule has 0 aliphatic carbocycles. The number of anilines is 3. The molecule has 1 heterocycles. The number of aromatic nitrogens is 1. The molecular weight excluding hydrogens is 653 g/mol. The van der Waals surface area contributed by atoms with Crippen LogP contribution in [-0.2, 0) is 0 Å². The lowest BCUT2D eigenvalue weighted by molar-refractivity contribution is 1.18. The van der Waals surface area contributed by atoms with Crippen LogP contribution >= 0.6 is 0 Å². The van der Waals surface area contributed by atoms with E-state index in [0.29, 0.717) is 0 Å². The van der Waals surface area contributed by atoms with Crippen molar-refractivity contribution in [2.75, 3.05) is 4.90 Å². The van der Waals surface area contributed by atoms with Gasteiger partial charge in [-0.1, -0.05) is 158 Å². The molecule has 0 unspecified atom stereocenters. The summed E-state index contributed by atoms with van der Waals surface area (Å²) in [5, 5.41) is 5.04. The van der Waals surface area contributed by atoms with Crippen molar-refractivity contribution in [2.24, 2.45) is 0 Å². The van der Waals surface area contributed by atoms with Gasteiger partial charge in [0.1, 0.15) is 0 Å². The van der Waals surface area contributed by atoms with E-state index < -0.39 is 0 Å². The Hall–Kier alpha value is -7.16. The Morgan fingerprint density at radius 1 is 0.315 bits per heavy atom. The first-order valence-electron chi connectivity index (χ1n) is 18.5. The number of para-hydroxylation sites is 3. The van der Waals surface area contributed by atoms with Gasteiger partial charge in [-0.05, 0) is 105 Å². The van der Waals surface area contributed by atoms with E-state index in [-0.39, 0.29) is 0 Å². The van der Waals surface area contributed by atoms with Gasteiger partial charge in [-0.2, -0.15) is 0 Å². The quantitative estimate of drug-likeness (QED) is 0.162. The molecule has 10 aromatic rings. The van der Waals surface area contributed by atoms with Gasteiger partial charge in [0, 0.05) is 33.5 Å². The average Bonchev–Trinajstić information content (AvgIpc) is 3.59. The number of hydrogen-bond acceptors (Lipinski definition) is 1. The van der Waals surface area contributed by atoms with E-state index in [9.17, 15) is 0 Å². The summed E-state index contributed by atoms with van der Waals surface area (Å²) >= 11 is 0. The molecule has 0 N–H and O–H groups in total. The van der Waals surface area contributed by atoms with E-state index in [1.165, 1.54) is 66.0 Å². The van der Waals surface area contributed by atoms with Crippen molar-refractivity contribution in [1.29, 1.82) is 0 Å². The van der Waals surface area contributed by atoms with Crippen molar-refractivity contribution < 1.29 is 0 Å². The normalized spacial score (nSPS) is 11.3. The molecule has 1 aromatic heterocycles. The Morgan fingerprint density at radius 2 is 0.852 bits per heavy atom. The number of rotatable bonds is 7. The van der Waals surface area contributed by atoms with Crippen molar-refractivity contribution in [3.63, 3.8) is 0 Å². The zero-order valence-corrected chi connectivity index (χ0v) is 29.7. The van der Waals surface area contributed by atoms with Crippen molar-refractivity contribution >= 4 is 49.6 Å². The fraction of sp³-hybridized carbons (Fsp3) is 0. The van der Waals surface area contributed by atoms with Crippen LogP contribution in [-0.4, -0.2) is 4.57 Å². The topological polar surface area (TPSA) is 8.17 Å². The van der Waals surface area contributed by atoms with Crippen molar-refractivity contribution in [1.82, 2.24) is 4.57 Å². The molecule has 9 aromatic carbocycles. The Bertz CT molecular complexity index is 2900. The SMILES string of the molecule is c1ccc(N(c2ccc(-c3ccc(-c4cccc5ccccc45)cc3)cc2)c2cccc(-c3cccc4c3c3ccccc3n4-c3ccccc3)c2)cc1. The van der Waals surface area contributed by atoms with Crippen LogP contribution in [0, 0.1) is 0 Å². The van der Waals surface area contributed by atoms with Crippen LogP contribution in [0.25, 0.3) is 71.6 Å². The largest absolute Gasteiger partial charge is 0.310 e. The van der Waals surface area contributed by atoms with Crippen molar-refractivity contribution in [2.45, 2.75) is 0 Å². The molecule has 0 atom stereocenters. The third-order valence-electron chi connectivity index (χ3n) is 10.6. The number of nitrogens with zero attached hydrogens (tertiary/aromatic N) is 2. The molecule has 2 nitrogen and oxygen atoms in total. The minimum atomic E-state index is 1.10. The molecule has 0 saturated heterocycles. The Labute approximate surface area is 315 Å². The van der Waals surface area contributed by atoms with E-state index >= 15 is 0 Å². The maximum Gasteiger partial charge on any atom is 0.0547 e. The van der Waals surface area contributed by atoms with Crippen LogP contribution in [0.1, 0.15) is 0 Å². The summed E-state index contributed by atoms with van der Waals surface area (Å²) in [5.74, 6) is 0. The summed E-state index contributed by atoms with van der Waals surface area (Å²) in [6, 6.07) is 78.7. The minimum absolute atomic E-state index is 1.10. The summed E-state index contributed by atoms with van der Waals surface area (Å²) in [4.78, 5) is 2.35. The first-order valence-corrected chi connectivity index (χ1v) is 18.5. The predicted molar refractivity (Wildman–Crippen MR) is 229 cm³/mol. The van der Waals surface area contributed by atoms with Crippen molar-refractivity contribution in [3.8, 4) is 39.1 Å². The highest BCUT2D eigenvalue weighted by Crippen LogP contribution is 2.42. The third-order valence-corrected chi connectivity index (χ3v) is 10.6. The predicted octanol–water partition coefficient (Wildman–Crippen LogP) is 14.4. The van der Waals surface area contributed by atoms with E-state index in [1.54, 1.807) is 0 Å². The molecule has 0 spiro atoms. The Kier molecular flexibility index (Phi) is 7.85. The Balaban J connectivity index is 1.03. The second kappa shape index (κ2) is 13.4. The van der Waals surface area contributed by atoms with Crippen LogP contribution in [0.5, 0.6) is 0 Å². The van der Waals surface area contributed by atoms with Crippen LogP contribution in [0.15, 0.2) is 218 Å². The smallest absolute Gasteiger partial charge is 0.0547 e.